The van der Waals surface area contributed by atoms with Crippen molar-refractivity contribution in [3.8, 4) is 0 Å². The molecule has 1 radical (unpaired) electrons. The minimum atomic E-state index is 0. The van der Waals surface area contributed by atoms with Crippen LogP contribution in [-0.2, 0) is 55.6 Å². The van der Waals surface area contributed by atoms with Gasteiger partial charge >= 0.3 is 17.1 Å². The summed E-state index contributed by atoms with van der Waals surface area (Å²) in [7, 11) is 0. The fourth-order valence-electron chi connectivity index (χ4n) is 4.90. The van der Waals surface area contributed by atoms with E-state index in [0.29, 0.717) is 0 Å². The smallest absolute Gasteiger partial charge is 0.320 e. The molecule has 0 aliphatic rings. The molecular weight excluding hydrogens is 596 g/mol. The topological polar surface area (TPSA) is 0 Å². The molecule has 0 atom stereocenters. The van der Waals surface area contributed by atoms with Crippen molar-refractivity contribution < 1.29 is 17.1 Å². The molecule has 6 aromatic carbocycles. The van der Waals surface area contributed by atoms with Crippen LogP contribution in [0.3, 0.4) is 0 Å². The van der Waals surface area contributed by atoms with Crippen LogP contribution in [0.1, 0.15) is 33.4 Å². The third kappa shape index (κ3) is 15.7. The van der Waals surface area contributed by atoms with Gasteiger partial charge in [-0.1, -0.05) is 215 Å². The van der Waals surface area contributed by atoms with Gasteiger partial charge < -0.3 is 19.3 Å². The summed E-state index contributed by atoms with van der Waals surface area (Å²) in [5.74, 6) is 0. The van der Waals surface area contributed by atoms with E-state index in [0.717, 1.165) is 38.5 Å². The Morgan fingerprint density at radius 2 is 0.348 bits per heavy atom. The fourth-order valence-corrected chi connectivity index (χ4v) is 4.90. The van der Waals surface area contributed by atoms with Crippen LogP contribution in [0, 0.1) is 19.3 Å². The Morgan fingerprint density at radius 3 is 0.478 bits per heavy atom. The van der Waals surface area contributed by atoms with E-state index in [1.807, 2.05) is 0 Å². The molecule has 0 bridgehead atoms. The van der Waals surface area contributed by atoms with E-state index < -0.39 is 0 Å². The monoisotopic (exact) mass is 641 g/mol. The van der Waals surface area contributed by atoms with Crippen LogP contribution in [-0.4, -0.2) is 0 Å². The summed E-state index contributed by atoms with van der Waals surface area (Å²) in [6.07, 6.45) is 13.3. The maximum atomic E-state index is 2.32. The van der Waals surface area contributed by atoms with E-state index in [9.17, 15) is 0 Å². The molecule has 233 valence electrons. The average molecular weight is 642 g/mol. The van der Waals surface area contributed by atoms with Gasteiger partial charge in [0.15, 0.2) is 0 Å². The SMILES string of the molecule is [Fe+3].c1ccc(C[CH-]Cc2ccccc2)cc1.c1ccc(C[CH-]Cc2ccccc2)cc1.c1ccc(C[CH-]Cc2ccccc2)cc1. The predicted octanol–water partition coefficient (Wildman–Crippen LogP) is 11.0. The average Bonchev–Trinajstić information content (AvgIpc) is 3.12. The van der Waals surface area contributed by atoms with Gasteiger partial charge in [0.2, 0.25) is 0 Å². The van der Waals surface area contributed by atoms with E-state index in [2.05, 4.69) is 201 Å². The van der Waals surface area contributed by atoms with Gasteiger partial charge in [0.1, 0.15) is 0 Å². The van der Waals surface area contributed by atoms with E-state index in [1.54, 1.807) is 0 Å². The molecule has 0 heterocycles. The zero-order valence-electron chi connectivity index (χ0n) is 26.6. The van der Waals surface area contributed by atoms with Crippen molar-refractivity contribution in [1.82, 2.24) is 0 Å². The van der Waals surface area contributed by atoms with Crippen LogP contribution >= 0.6 is 0 Å². The van der Waals surface area contributed by atoms with Crippen LogP contribution in [0.2, 0.25) is 0 Å². The van der Waals surface area contributed by atoms with Gasteiger partial charge in [0, 0.05) is 0 Å². The summed E-state index contributed by atoms with van der Waals surface area (Å²) in [6.45, 7) is 0. The van der Waals surface area contributed by atoms with Crippen molar-refractivity contribution >= 4 is 0 Å². The van der Waals surface area contributed by atoms with Crippen molar-refractivity contribution in [1.29, 1.82) is 0 Å². The standard InChI is InChI=1S/3C15H15.Fe/c3*1-3-8-14(9-4-1)12-7-13-15-10-5-2-6-11-15;/h3*1-11H,12-13H2;/q3*-1;+3. The zero-order chi connectivity index (χ0) is 31.0. The maximum Gasteiger partial charge on any atom is 3.00 e. The fraction of sp³-hybridized carbons (Fsp3) is 0.133. The van der Waals surface area contributed by atoms with Gasteiger partial charge in [-0.05, 0) is 0 Å². The molecule has 0 nitrogen and oxygen atoms in total. The minimum Gasteiger partial charge on any atom is -0.320 e. The summed E-state index contributed by atoms with van der Waals surface area (Å²) in [5, 5.41) is 0. The third-order valence-electron chi connectivity index (χ3n) is 7.34. The van der Waals surface area contributed by atoms with Crippen molar-refractivity contribution in [2.45, 2.75) is 38.5 Å². The van der Waals surface area contributed by atoms with Gasteiger partial charge in [-0.15, -0.1) is 0 Å². The van der Waals surface area contributed by atoms with E-state index >= 15 is 0 Å². The van der Waals surface area contributed by atoms with Gasteiger partial charge in [0.05, 0.1) is 0 Å². The van der Waals surface area contributed by atoms with Crippen molar-refractivity contribution in [3.63, 3.8) is 0 Å². The maximum absolute atomic E-state index is 2.32. The normalized spacial score (nSPS) is 9.91. The van der Waals surface area contributed by atoms with E-state index in [1.165, 1.54) is 33.4 Å². The summed E-state index contributed by atoms with van der Waals surface area (Å²) in [4.78, 5) is 0. The Morgan fingerprint density at radius 1 is 0.217 bits per heavy atom. The Kier molecular flexibility index (Phi) is 18.3. The van der Waals surface area contributed by atoms with Crippen LogP contribution in [0.4, 0.5) is 0 Å². The molecule has 0 aliphatic heterocycles. The molecule has 0 saturated heterocycles. The molecule has 0 N–H and O–H groups in total. The summed E-state index contributed by atoms with van der Waals surface area (Å²) < 4.78 is 0. The molecule has 0 aromatic heterocycles. The first kappa shape index (κ1) is 36.3. The number of benzene rings is 6. The summed E-state index contributed by atoms with van der Waals surface area (Å²) >= 11 is 0. The van der Waals surface area contributed by atoms with Crippen molar-refractivity contribution in [2.75, 3.05) is 0 Å². The number of rotatable bonds is 12. The van der Waals surface area contributed by atoms with Gasteiger partial charge in [-0.25, -0.2) is 0 Å². The quantitative estimate of drug-likeness (QED) is 0.0921. The van der Waals surface area contributed by atoms with Crippen LogP contribution in [0.15, 0.2) is 182 Å². The van der Waals surface area contributed by atoms with Crippen molar-refractivity contribution in [2.24, 2.45) is 0 Å². The van der Waals surface area contributed by atoms with Crippen molar-refractivity contribution in [3.05, 3.63) is 235 Å². The molecule has 0 saturated carbocycles. The zero-order valence-corrected chi connectivity index (χ0v) is 27.8. The van der Waals surface area contributed by atoms with Crippen LogP contribution in [0.5, 0.6) is 0 Å². The summed E-state index contributed by atoms with van der Waals surface area (Å²) in [5.41, 5.74) is 8.30. The number of hydrogen-bond donors (Lipinski definition) is 0. The van der Waals surface area contributed by atoms with Gasteiger partial charge in [0.25, 0.3) is 0 Å². The molecule has 0 amide bonds. The molecule has 6 aromatic rings. The first-order valence-electron chi connectivity index (χ1n) is 16.0. The molecule has 0 aliphatic carbocycles. The Labute approximate surface area is 289 Å². The second kappa shape index (κ2) is 23.2. The summed E-state index contributed by atoms with van der Waals surface area (Å²) in [6, 6.07) is 63.4. The molecular formula is C45H45Fe. The Balaban J connectivity index is 0.000000186. The van der Waals surface area contributed by atoms with E-state index in [4.69, 9.17) is 0 Å². The molecule has 0 spiro atoms. The molecule has 46 heavy (non-hydrogen) atoms. The van der Waals surface area contributed by atoms with Crippen LogP contribution in [0.25, 0.3) is 0 Å². The predicted molar refractivity (Wildman–Crippen MR) is 194 cm³/mol. The van der Waals surface area contributed by atoms with E-state index in [-0.39, 0.29) is 17.1 Å². The van der Waals surface area contributed by atoms with Crippen LogP contribution < -0.4 is 0 Å². The molecule has 1 heteroatoms. The van der Waals surface area contributed by atoms with Gasteiger partial charge in [-0.3, -0.25) is 0 Å². The third-order valence-corrected chi connectivity index (χ3v) is 7.34. The molecule has 0 fully saturated rings. The number of hydrogen-bond acceptors (Lipinski definition) is 0. The Bertz CT molecular complexity index is 1210. The molecule has 6 rings (SSSR count). The Hall–Kier alpha value is -4.16. The molecule has 0 unspecified atom stereocenters. The second-order valence-corrected chi connectivity index (χ2v) is 11.0. The van der Waals surface area contributed by atoms with Gasteiger partial charge in [-0.2, -0.15) is 38.5 Å². The first-order valence-corrected chi connectivity index (χ1v) is 16.0. The first-order chi connectivity index (χ1) is 22.3. The largest absolute Gasteiger partial charge is 3.00 e. The second-order valence-electron chi connectivity index (χ2n) is 11.0. The minimum absolute atomic E-state index is 0.